The highest BCUT2D eigenvalue weighted by molar-refractivity contribution is 6.23. The first kappa shape index (κ1) is 15.4. The normalized spacial score (nSPS) is 21.9. The molecule has 126 valence electrons. The zero-order valence-electron chi connectivity index (χ0n) is 13.5. The summed E-state index contributed by atoms with van der Waals surface area (Å²) in [5.74, 6) is -3.80. The van der Waals surface area contributed by atoms with Crippen molar-refractivity contribution in [1.82, 2.24) is 0 Å². The topological polar surface area (TPSA) is 94.8 Å². The van der Waals surface area contributed by atoms with Crippen LogP contribution >= 0.6 is 0 Å². The molecule has 2 unspecified atom stereocenters. The molecule has 0 saturated carbocycles. The third-order valence-corrected chi connectivity index (χ3v) is 5.07. The third kappa shape index (κ3) is 1.95. The Morgan fingerprint density at radius 3 is 2.36 bits per heavy atom. The summed E-state index contributed by atoms with van der Waals surface area (Å²) >= 11 is 0. The molecule has 0 aromatic heterocycles. The van der Waals surface area contributed by atoms with E-state index in [0.717, 1.165) is 12.0 Å². The molecule has 0 spiro atoms. The number of hydrogen-bond donors (Lipinski definition) is 3. The standard InChI is InChI=1S/C20H16O5/c1-2-9-6-7-10-12(8-9)19(24)15-16(17(10)22)20(25)14-11(18(15)23)4-3-5-13(14)21/h3-8,11,14,21-22,24H,2H2,1H3. The van der Waals surface area contributed by atoms with Gasteiger partial charge in [-0.2, -0.15) is 0 Å². The van der Waals surface area contributed by atoms with E-state index >= 15 is 0 Å². The number of aromatic hydroxyl groups is 2. The quantitative estimate of drug-likeness (QED) is 0.694. The van der Waals surface area contributed by atoms with Crippen LogP contribution in [0.15, 0.2) is 42.2 Å². The first-order chi connectivity index (χ1) is 12.0. The molecule has 0 aliphatic heterocycles. The van der Waals surface area contributed by atoms with Crippen molar-refractivity contribution in [2.75, 3.05) is 0 Å². The van der Waals surface area contributed by atoms with Crippen molar-refractivity contribution in [1.29, 1.82) is 0 Å². The lowest BCUT2D eigenvalue weighted by atomic mass is 9.70. The predicted molar refractivity (Wildman–Crippen MR) is 92.1 cm³/mol. The SMILES string of the molecule is CCc1ccc2c(O)c3c(c(O)c2c1)C(=O)C1C=CC=C(O)C1C3=O. The van der Waals surface area contributed by atoms with Crippen LogP contribution in [-0.4, -0.2) is 26.9 Å². The van der Waals surface area contributed by atoms with Crippen molar-refractivity contribution >= 4 is 22.3 Å². The summed E-state index contributed by atoms with van der Waals surface area (Å²) in [5.41, 5.74) is 0.562. The molecule has 3 N–H and O–H groups in total. The van der Waals surface area contributed by atoms with Crippen LogP contribution in [0.2, 0.25) is 0 Å². The zero-order valence-corrected chi connectivity index (χ0v) is 13.5. The van der Waals surface area contributed by atoms with E-state index in [2.05, 4.69) is 0 Å². The fourth-order valence-corrected chi connectivity index (χ4v) is 3.73. The molecule has 2 aliphatic carbocycles. The number of fused-ring (bicyclic) bond motifs is 3. The van der Waals surface area contributed by atoms with Gasteiger partial charge in [-0.3, -0.25) is 9.59 Å². The lowest BCUT2D eigenvalue weighted by Gasteiger charge is -2.31. The van der Waals surface area contributed by atoms with Crippen LogP contribution in [0.3, 0.4) is 0 Å². The van der Waals surface area contributed by atoms with Gasteiger partial charge in [0.05, 0.1) is 23.0 Å². The van der Waals surface area contributed by atoms with Gasteiger partial charge in [-0.15, -0.1) is 0 Å². The molecule has 2 aromatic carbocycles. The van der Waals surface area contributed by atoms with Crippen molar-refractivity contribution < 1.29 is 24.9 Å². The monoisotopic (exact) mass is 336 g/mol. The lowest BCUT2D eigenvalue weighted by molar-refractivity contribution is 0.0753. The Bertz CT molecular complexity index is 1010. The molecule has 0 fully saturated rings. The number of hydrogen-bond acceptors (Lipinski definition) is 5. The number of phenolic OH excluding ortho intramolecular Hbond substituents is 2. The number of aliphatic hydroxyl groups is 1. The minimum atomic E-state index is -1.05. The Hall–Kier alpha value is -3.08. The number of aryl methyl sites for hydroxylation is 1. The average Bonchev–Trinajstić information content (AvgIpc) is 2.62. The number of benzene rings is 2. The maximum absolute atomic E-state index is 12.9. The van der Waals surface area contributed by atoms with Crippen molar-refractivity contribution in [3.05, 3.63) is 58.9 Å². The second-order valence-electron chi connectivity index (χ2n) is 6.39. The Morgan fingerprint density at radius 2 is 1.64 bits per heavy atom. The van der Waals surface area contributed by atoms with Crippen LogP contribution in [0.1, 0.15) is 33.2 Å². The zero-order chi connectivity index (χ0) is 17.9. The highest BCUT2D eigenvalue weighted by atomic mass is 16.3. The molecule has 0 saturated heterocycles. The summed E-state index contributed by atoms with van der Waals surface area (Å²) in [5, 5.41) is 32.0. The van der Waals surface area contributed by atoms with Crippen LogP contribution in [0, 0.1) is 11.8 Å². The maximum Gasteiger partial charge on any atom is 0.179 e. The Balaban J connectivity index is 2.08. The van der Waals surface area contributed by atoms with E-state index < -0.39 is 23.4 Å². The molecule has 0 radical (unpaired) electrons. The van der Waals surface area contributed by atoms with Gasteiger partial charge in [-0.05, 0) is 24.1 Å². The molecule has 5 heteroatoms. The largest absolute Gasteiger partial charge is 0.512 e. The predicted octanol–water partition coefficient (Wildman–Crippen LogP) is 3.44. The van der Waals surface area contributed by atoms with Crippen LogP contribution in [0.4, 0.5) is 0 Å². The molecule has 2 aliphatic rings. The molecular weight excluding hydrogens is 320 g/mol. The Kier molecular flexibility index (Phi) is 3.22. The average molecular weight is 336 g/mol. The molecule has 5 nitrogen and oxygen atoms in total. The van der Waals surface area contributed by atoms with Crippen LogP contribution in [-0.2, 0) is 6.42 Å². The summed E-state index contributed by atoms with van der Waals surface area (Å²) in [7, 11) is 0. The number of carbonyl (C=O) groups is 2. The molecule has 0 bridgehead atoms. The van der Waals surface area contributed by atoms with Gasteiger partial charge in [0.25, 0.3) is 0 Å². The van der Waals surface area contributed by atoms with E-state index in [1.165, 1.54) is 18.2 Å². The van der Waals surface area contributed by atoms with Crippen molar-refractivity contribution in [3.8, 4) is 11.5 Å². The van der Waals surface area contributed by atoms with Crippen molar-refractivity contribution in [2.24, 2.45) is 11.8 Å². The van der Waals surface area contributed by atoms with Crippen molar-refractivity contribution in [2.45, 2.75) is 13.3 Å². The summed E-state index contributed by atoms with van der Waals surface area (Å²) < 4.78 is 0. The molecular formula is C20H16O5. The Labute approximate surface area is 143 Å². The maximum atomic E-state index is 12.9. The number of ketones is 2. The van der Waals surface area contributed by atoms with E-state index in [4.69, 9.17) is 0 Å². The molecule has 0 heterocycles. The summed E-state index contributed by atoms with van der Waals surface area (Å²) in [4.78, 5) is 25.8. The number of rotatable bonds is 1. The lowest BCUT2D eigenvalue weighted by Crippen LogP contribution is -2.37. The molecule has 4 rings (SSSR count). The summed E-state index contributed by atoms with van der Waals surface area (Å²) in [6.45, 7) is 1.96. The Morgan fingerprint density at radius 1 is 0.960 bits per heavy atom. The van der Waals surface area contributed by atoms with Crippen LogP contribution < -0.4 is 0 Å². The number of carbonyl (C=O) groups excluding carboxylic acids is 2. The number of phenols is 2. The number of Topliss-reactive ketones (excluding diaryl/α,β-unsaturated/α-hetero) is 2. The van der Waals surface area contributed by atoms with Crippen LogP contribution in [0.25, 0.3) is 10.8 Å². The van der Waals surface area contributed by atoms with E-state index in [1.54, 1.807) is 18.2 Å². The smallest absolute Gasteiger partial charge is 0.179 e. The second-order valence-corrected chi connectivity index (χ2v) is 6.39. The third-order valence-electron chi connectivity index (χ3n) is 5.07. The first-order valence-corrected chi connectivity index (χ1v) is 8.12. The van der Waals surface area contributed by atoms with E-state index in [1.807, 2.05) is 6.92 Å². The van der Waals surface area contributed by atoms with Gasteiger partial charge in [0, 0.05) is 10.8 Å². The summed E-state index contributed by atoms with van der Waals surface area (Å²) in [6.07, 6.45) is 5.14. The minimum absolute atomic E-state index is 0.163. The fraction of sp³-hybridized carbons (Fsp3) is 0.200. The van der Waals surface area contributed by atoms with E-state index in [9.17, 15) is 24.9 Å². The summed E-state index contributed by atoms with van der Waals surface area (Å²) in [6, 6.07) is 5.14. The molecule has 2 atom stereocenters. The molecule has 0 amide bonds. The van der Waals surface area contributed by atoms with Crippen molar-refractivity contribution in [3.63, 3.8) is 0 Å². The van der Waals surface area contributed by atoms with Gasteiger partial charge in [0.15, 0.2) is 11.6 Å². The molecule has 2 aromatic rings. The van der Waals surface area contributed by atoms with Crippen LogP contribution in [0.5, 0.6) is 11.5 Å². The fourth-order valence-electron chi connectivity index (χ4n) is 3.73. The minimum Gasteiger partial charge on any atom is -0.512 e. The second kappa shape index (κ2) is 5.21. The molecule has 25 heavy (non-hydrogen) atoms. The highest BCUT2D eigenvalue weighted by Crippen LogP contribution is 2.47. The number of aliphatic hydroxyl groups excluding tert-OH is 1. The van der Waals surface area contributed by atoms with Gasteiger partial charge in [-0.25, -0.2) is 0 Å². The van der Waals surface area contributed by atoms with Gasteiger partial charge in [0.1, 0.15) is 17.3 Å². The highest BCUT2D eigenvalue weighted by Gasteiger charge is 2.46. The van der Waals surface area contributed by atoms with E-state index in [-0.39, 0.29) is 28.4 Å². The van der Waals surface area contributed by atoms with Gasteiger partial charge in [-0.1, -0.05) is 31.2 Å². The van der Waals surface area contributed by atoms with Gasteiger partial charge in [0.2, 0.25) is 0 Å². The number of allylic oxidation sites excluding steroid dienone is 4. The van der Waals surface area contributed by atoms with Gasteiger partial charge >= 0.3 is 0 Å². The van der Waals surface area contributed by atoms with Gasteiger partial charge < -0.3 is 15.3 Å². The first-order valence-electron chi connectivity index (χ1n) is 8.12. The van der Waals surface area contributed by atoms with E-state index in [0.29, 0.717) is 10.8 Å².